The number of amidine groups is 1. The van der Waals surface area contributed by atoms with Gasteiger partial charge in [-0.1, -0.05) is 50.1 Å². The van der Waals surface area contributed by atoms with E-state index in [1.807, 2.05) is 49.5 Å². The maximum Gasteiger partial charge on any atom is 0.393 e. The summed E-state index contributed by atoms with van der Waals surface area (Å²) in [6.07, 6.45) is 1.47. The SMILES string of the molecule is CCc1cc(O)ccc1N=C(N)c1cnn2cc(-c3ccccc3)cc2c1NC1CCCCC1C(F)(F)F. The van der Waals surface area contributed by atoms with Crippen LogP contribution < -0.4 is 11.1 Å². The average molecular weight is 522 g/mol. The molecule has 2 aromatic heterocycles. The first kappa shape index (κ1) is 25.6. The lowest BCUT2D eigenvalue weighted by molar-refractivity contribution is -0.184. The minimum atomic E-state index is -4.31. The van der Waals surface area contributed by atoms with Gasteiger partial charge in [0.2, 0.25) is 0 Å². The number of aryl methyl sites for hydroxylation is 1. The standard InChI is InChI=1S/C29H30F3N5O/c1-2-18-14-21(38)12-13-24(18)36-28(33)22-16-34-37-17-20(19-8-4-3-5-9-19)15-26(37)27(22)35-25-11-7-6-10-23(25)29(30,31)32/h3-5,8-9,12-17,23,25,35,38H,2,6-7,10-11H2,1H3,(H2,33,36). The summed E-state index contributed by atoms with van der Waals surface area (Å²) in [7, 11) is 0. The number of aromatic nitrogens is 2. The van der Waals surface area contributed by atoms with E-state index in [0.29, 0.717) is 48.1 Å². The fraction of sp³-hybridized carbons (Fsp3) is 0.310. The minimum Gasteiger partial charge on any atom is -0.508 e. The van der Waals surface area contributed by atoms with Gasteiger partial charge in [-0.25, -0.2) is 9.51 Å². The zero-order valence-electron chi connectivity index (χ0n) is 21.0. The van der Waals surface area contributed by atoms with Gasteiger partial charge in [0.25, 0.3) is 0 Å². The van der Waals surface area contributed by atoms with Gasteiger partial charge in [0, 0.05) is 17.8 Å². The first-order valence-electron chi connectivity index (χ1n) is 12.8. The number of halogens is 3. The Bertz CT molecular complexity index is 1460. The molecule has 2 atom stereocenters. The highest BCUT2D eigenvalue weighted by Crippen LogP contribution is 2.40. The van der Waals surface area contributed by atoms with Crippen LogP contribution in [-0.4, -0.2) is 32.8 Å². The summed E-state index contributed by atoms with van der Waals surface area (Å²) in [5.41, 5.74) is 11.3. The van der Waals surface area contributed by atoms with Crippen molar-refractivity contribution in [2.24, 2.45) is 16.6 Å². The predicted octanol–water partition coefficient (Wildman–Crippen LogP) is 6.84. The van der Waals surface area contributed by atoms with Gasteiger partial charge in [0.1, 0.15) is 11.6 Å². The maximum atomic E-state index is 14.0. The highest BCUT2D eigenvalue weighted by atomic mass is 19.4. The van der Waals surface area contributed by atoms with Crippen molar-refractivity contribution in [3.8, 4) is 16.9 Å². The molecule has 0 saturated heterocycles. The molecule has 0 bridgehead atoms. The van der Waals surface area contributed by atoms with Crippen LogP contribution >= 0.6 is 0 Å². The molecule has 0 radical (unpaired) electrons. The fourth-order valence-corrected chi connectivity index (χ4v) is 5.23. The van der Waals surface area contributed by atoms with Crippen LogP contribution in [-0.2, 0) is 6.42 Å². The number of rotatable bonds is 6. The molecule has 2 aromatic carbocycles. The molecular weight excluding hydrogens is 491 g/mol. The van der Waals surface area contributed by atoms with Crippen LogP contribution in [0.1, 0.15) is 43.7 Å². The summed E-state index contributed by atoms with van der Waals surface area (Å²) in [5.74, 6) is -1.20. The van der Waals surface area contributed by atoms with Crippen molar-refractivity contribution in [2.45, 2.75) is 51.2 Å². The predicted molar refractivity (Wildman–Crippen MR) is 144 cm³/mol. The van der Waals surface area contributed by atoms with Crippen molar-refractivity contribution < 1.29 is 18.3 Å². The number of alkyl halides is 3. The lowest BCUT2D eigenvalue weighted by Crippen LogP contribution is -2.41. The highest BCUT2D eigenvalue weighted by Gasteiger charge is 2.45. The van der Waals surface area contributed by atoms with Crippen LogP contribution in [0.5, 0.6) is 5.75 Å². The monoisotopic (exact) mass is 521 g/mol. The number of phenolic OH excluding ortho intramolecular Hbond substituents is 1. The van der Waals surface area contributed by atoms with E-state index in [1.165, 1.54) is 6.07 Å². The molecule has 5 rings (SSSR count). The van der Waals surface area contributed by atoms with E-state index in [4.69, 9.17) is 5.73 Å². The Balaban J connectivity index is 1.64. The third-order valence-electron chi connectivity index (χ3n) is 7.22. The molecule has 1 fully saturated rings. The smallest absolute Gasteiger partial charge is 0.393 e. The number of hydrogen-bond acceptors (Lipinski definition) is 4. The van der Waals surface area contributed by atoms with Gasteiger partial charge < -0.3 is 16.2 Å². The fourth-order valence-electron chi connectivity index (χ4n) is 5.23. The van der Waals surface area contributed by atoms with Crippen molar-refractivity contribution in [3.63, 3.8) is 0 Å². The molecule has 9 heteroatoms. The van der Waals surface area contributed by atoms with E-state index in [1.54, 1.807) is 22.8 Å². The number of nitrogens with one attached hydrogen (secondary N) is 1. The molecule has 1 saturated carbocycles. The van der Waals surface area contributed by atoms with Crippen LogP contribution in [0.3, 0.4) is 0 Å². The molecule has 1 aliphatic rings. The molecular formula is C29H30F3N5O. The summed E-state index contributed by atoms with van der Waals surface area (Å²) >= 11 is 0. The summed E-state index contributed by atoms with van der Waals surface area (Å²) in [4.78, 5) is 4.61. The molecule has 2 unspecified atom stereocenters. The van der Waals surface area contributed by atoms with Gasteiger partial charge in [0.15, 0.2) is 0 Å². The number of nitrogens with two attached hydrogens (primary N) is 1. The lowest BCUT2D eigenvalue weighted by atomic mass is 9.83. The van der Waals surface area contributed by atoms with Crippen LogP contribution in [0.4, 0.5) is 24.5 Å². The van der Waals surface area contributed by atoms with Crippen molar-refractivity contribution >= 4 is 22.7 Å². The number of aliphatic imine (C=N–C) groups is 1. The topological polar surface area (TPSA) is 87.9 Å². The normalized spacial score (nSPS) is 18.6. The number of hydrogen-bond donors (Lipinski definition) is 3. The minimum absolute atomic E-state index is 0.0884. The van der Waals surface area contributed by atoms with E-state index in [2.05, 4.69) is 15.4 Å². The van der Waals surface area contributed by atoms with E-state index in [0.717, 1.165) is 16.7 Å². The first-order chi connectivity index (χ1) is 18.2. The zero-order chi connectivity index (χ0) is 26.9. The molecule has 6 nitrogen and oxygen atoms in total. The molecule has 0 aliphatic heterocycles. The van der Waals surface area contributed by atoms with Crippen molar-refractivity contribution in [3.05, 3.63) is 78.1 Å². The van der Waals surface area contributed by atoms with Crippen molar-refractivity contribution in [1.29, 1.82) is 0 Å². The van der Waals surface area contributed by atoms with Crippen LogP contribution in [0, 0.1) is 5.92 Å². The maximum absolute atomic E-state index is 14.0. The highest BCUT2D eigenvalue weighted by molar-refractivity contribution is 6.06. The van der Waals surface area contributed by atoms with Gasteiger partial charge in [0.05, 0.1) is 34.6 Å². The molecule has 0 amide bonds. The number of fused-ring (bicyclic) bond motifs is 1. The quantitative estimate of drug-likeness (QED) is 0.192. The molecule has 1 aliphatic carbocycles. The summed E-state index contributed by atoms with van der Waals surface area (Å²) < 4.78 is 43.6. The number of benzene rings is 2. The summed E-state index contributed by atoms with van der Waals surface area (Å²) in [6, 6.07) is 15.7. The van der Waals surface area contributed by atoms with Gasteiger partial charge >= 0.3 is 6.18 Å². The second-order valence-electron chi connectivity index (χ2n) is 9.70. The Morgan fingerprint density at radius 3 is 2.61 bits per heavy atom. The Hall–Kier alpha value is -4.01. The Labute approximate surface area is 219 Å². The van der Waals surface area contributed by atoms with Crippen LogP contribution in [0.15, 0.2) is 72.0 Å². The number of aromatic hydroxyl groups is 1. The second-order valence-corrected chi connectivity index (χ2v) is 9.70. The van der Waals surface area contributed by atoms with Gasteiger partial charge in [-0.2, -0.15) is 18.3 Å². The molecule has 198 valence electrons. The van der Waals surface area contributed by atoms with Gasteiger partial charge in [-0.15, -0.1) is 0 Å². The Morgan fingerprint density at radius 2 is 1.87 bits per heavy atom. The van der Waals surface area contributed by atoms with E-state index < -0.39 is 18.1 Å². The average Bonchev–Trinajstić information content (AvgIpc) is 3.35. The molecule has 2 heterocycles. The van der Waals surface area contributed by atoms with Crippen molar-refractivity contribution in [2.75, 3.05) is 5.32 Å². The Kier molecular flexibility index (Phi) is 7.01. The first-order valence-corrected chi connectivity index (χ1v) is 12.8. The summed E-state index contributed by atoms with van der Waals surface area (Å²) in [5, 5.41) is 17.6. The summed E-state index contributed by atoms with van der Waals surface area (Å²) in [6.45, 7) is 1.94. The number of anilines is 1. The number of nitrogens with zero attached hydrogens (tertiary/aromatic N) is 3. The van der Waals surface area contributed by atoms with E-state index >= 15 is 0 Å². The largest absolute Gasteiger partial charge is 0.508 e. The second kappa shape index (κ2) is 10.4. The van der Waals surface area contributed by atoms with Crippen LogP contribution in [0.2, 0.25) is 0 Å². The van der Waals surface area contributed by atoms with Crippen molar-refractivity contribution in [1.82, 2.24) is 9.61 Å². The van der Waals surface area contributed by atoms with Gasteiger partial charge in [-0.3, -0.25) is 0 Å². The Morgan fingerprint density at radius 1 is 1.11 bits per heavy atom. The number of phenols is 1. The molecule has 4 N–H and O–H groups in total. The van der Waals surface area contributed by atoms with E-state index in [9.17, 15) is 18.3 Å². The zero-order valence-corrected chi connectivity index (χ0v) is 21.0. The van der Waals surface area contributed by atoms with Crippen LogP contribution in [0.25, 0.3) is 16.6 Å². The lowest BCUT2D eigenvalue weighted by Gasteiger charge is -2.34. The molecule has 0 spiro atoms. The molecule has 4 aromatic rings. The third kappa shape index (κ3) is 5.18. The molecule has 38 heavy (non-hydrogen) atoms. The third-order valence-corrected chi connectivity index (χ3v) is 7.22. The van der Waals surface area contributed by atoms with E-state index in [-0.39, 0.29) is 18.0 Å². The van der Waals surface area contributed by atoms with Gasteiger partial charge in [-0.05, 0) is 54.7 Å².